The molecule has 1 aromatic heterocycles. The number of aryl methyl sites for hydroxylation is 1. The Balaban J connectivity index is 1.51. The van der Waals surface area contributed by atoms with Gasteiger partial charge in [0, 0.05) is 5.69 Å². The van der Waals surface area contributed by atoms with E-state index in [1.54, 1.807) is 4.68 Å². The van der Waals surface area contributed by atoms with Crippen molar-refractivity contribution >= 4 is 35.0 Å². The van der Waals surface area contributed by atoms with E-state index in [4.69, 9.17) is 0 Å². The van der Waals surface area contributed by atoms with E-state index in [-0.39, 0.29) is 29.1 Å². The van der Waals surface area contributed by atoms with Gasteiger partial charge in [0.2, 0.25) is 11.8 Å². The fourth-order valence-electron chi connectivity index (χ4n) is 2.79. The van der Waals surface area contributed by atoms with Crippen molar-refractivity contribution in [3.05, 3.63) is 71.8 Å². The van der Waals surface area contributed by atoms with Crippen LogP contribution in [-0.2, 0) is 9.59 Å². The first-order valence-electron chi connectivity index (χ1n) is 8.98. The number of nitrogens with one attached hydrogen (secondary N) is 2. The molecule has 3 rings (SSSR count). The van der Waals surface area contributed by atoms with E-state index < -0.39 is 0 Å². The Morgan fingerprint density at radius 1 is 0.966 bits per heavy atom. The monoisotopic (exact) mass is 412 g/mol. The highest BCUT2D eigenvalue weighted by molar-refractivity contribution is 8.00. The van der Waals surface area contributed by atoms with E-state index in [2.05, 4.69) is 15.7 Å². The molecular formula is C21H21FN4O2S. The average Bonchev–Trinajstić information content (AvgIpc) is 2.98. The van der Waals surface area contributed by atoms with Crippen LogP contribution in [-0.4, -0.2) is 33.1 Å². The van der Waals surface area contributed by atoms with Crippen molar-refractivity contribution in [1.82, 2.24) is 9.78 Å². The molecule has 6 nitrogen and oxygen atoms in total. The zero-order chi connectivity index (χ0) is 20.8. The Morgan fingerprint density at radius 3 is 2.24 bits per heavy atom. The van der Waals surface area contributed by atoms with E-state index >= 15 is 0 Å². The van der Waals surface area contributed by atoms with Crippen LogP contribution < -0.4 is 10.6 Å². The SMILES string of the molecule is Cc1nn(-c2ccccc2)c(C)c1NC(=O)CSCC(=O)Nc1ccc(F)cc1. The van der Waals surface area contributed by atoms with Crippen molar-refractivity contribution in [1.29, 1.82) is 0 Å². The van der Waals surface area contributed by atoms with Crippen molar-refractivity contribution < 1.29 is 14.0 Å². The number of aromatic nitrogens is 2. The van der Waals surface area contributed by atoms with Crippen LogP contribution in [0.25, 0.3) is 5.69 Å². The summed E-state index contributed by atoms with van der Waals surface area (Å²) in [6.07, 6.45) is 0. The van der Waals surface area contributed by atoms with Crippen LogP contribution in [0, 0.1) is 19.7 Å². The van der Waals surface area contributed by atoms with Crippen LogP contribution in [0.1, 0.15) is 11.4 Å². The first-order valence-corrected chi connectivity index (χ1v) is 10.1. The molecular weight excluding hydrogens is 391 g/mol. The summed E-state index contributed by atoms with van der Waals surface area (Å²) in [5.41, 5.74) is 3.66. The predicted octanol–water partition coefficient (Wildman–Crippen LogP) is 3.94. The number of amides is 2. The number of nitrogens with zero attached hydrogens (tertiary/aromatic N) is 2. The Hall–Kier alpha value is -3.13. The summed E-state index contributed by atoms with van der Waals surface area (Å²) in [6, 6.07) is 15.2. The van der Waals surface area contributed by atoms with E-state index in [0.717, 1.165) is 17.1 Å². The van der Waals surface area contributed by atoms with Crippen molar-refractivity contribution in [3.8, 4) is 5.69 Å². The maximum Gasteiger partial charge on any atom is 0.234 e. The predicted molar refractivity (Wildman–Crippen MR) is 114 cm³/mol. The number of carbonyl (C=O) groups excluding carboxylic acids is 2. The molecule has 1 heterocycles. The molecule has 3 aromatic rings. The lowest BCUT2D eigenvalue weighted by Crippen LogP contribution is -2.19. The molecule has 0 saturated heterocycles. The van der Waals surface area contributed by atoms with E-state index in [1.807, 2.05) is 44.2 Å². The second-order valence-corrected chi connectivity index (χ2v) is 7.37. The van der Waals surface area contributed by atoms with Gasteiger partial charge in [0.1, 0.15) is 5.82 Å². The average molecular weight is 412 g/mol. The summed E-state index contributed by atoms with van der Waals surface area (Å²) in [4.78, 5) is 24.2. The fraction of sp³-hybridized carbons (Fsp3) is 0.190. The number of para-hydroxylation sites is 1. The van der Waals surface area contributed by atoms with Crippen molar-refractivity contribution in [2.24, 2.45) is 0 Å². The summed E-state index contributed by atoms with van der Waals surface area (Å²) >= 11 is 1.20. The van der Waals surface area contributed by atoms with Gasteiger partial charge in [0.25, 0.3) is 0 Å². The zero-order valence-corrected chi connectivity index (χ0v) is 16.9. The van der Waals surface area contributed by atoms with Gasteiger partial charge < -0.3 is 10.6 Å². The molecule has 0 unspecified atom stereocenters. The van der Waals surface area contributed by atoms with E-state index in [1.165, 1.54) is 36.0 Å². The van der Waals surface area contributed by atoms with Crippen LogP contribution in [0.2, 0.25) is 0 Å². The van der Waals surface area contributed by atoms with Gasteiger partial charge in [-0.15, -0.1) is 11.8 Å². The molecule has 0 atom stereocenters. The molecule has 29 heavy (non-hydrogen) atoms. The molecule has 0 aliphatic carbocycles. The van der Waals surface area contributed by atoms with Crippen LogP contribution in [0.5, 0.6) is 0 Å². The molecule has 8 heteroatoms. The van der Waals surface area contributed by atoms with Crippen molar-refractivity contribution in [2.45, 2.75) is 13.8 Å². The molecule has 2 N–H and O–H groups in total. The third-order valence-electron chi connectivity index (χ3n) is 4.15. The molecule has 0 aliphatic heterocycles. The summed E-state index contributed by atoms with van der Waals surface area (Å²) < 4.78 is 14.7. The Labute approximate surface area is 172 Å². The maximum atomic E-state index is 12.9. The minimum Gasteiger partial charge on any atom is -0.325 e. The van der Waals surface area contributed by atoms with Crippen LogP contribution >= 0.6 is 11.8 Å². The topological polar surface area (TPSA) is 76.0 Å². The molecule has 2 aromatic carbocycles. The third-order valence-corrected chi connectivity index (χ3v) is 5.08. The second kappa shape index (κ2) is 9.38. The minimum absolute atomic E-state index is 0.117. The number of hydrogen-bond acceptors (Lipinski definition) is 4. The lowest BCUT2D eigenvalue weighted by molar-refractivity contribution is -0.114. The molecule has 2 amide bonds. The third kappa shape index (κ3) is 5.45. The Bertz CT molecular complexity index is 1000. The van der Waals surface area contributed by atoms with Gasteiger partial charge in [-0.05, 0) is 50.2 Å². The van der Waals surface area contributed by atoms with Gasteiger partial charge in [-0.25, -0.2) is 9.07 Å². The highest BCUT2D eigenvalue weighted by Crippen LogP contribution is 2.23. The molecule has 0 fully saturated rings. The maximum absolute atomic E-state index is 12.9. The number of anilines is 2. The normalized spacial score (nSPS) is 10.6. The highest BCUT2D eigenvalue weighted by atomic mass is 32.2. The number of rotatable bonds is 7. The largest absolute Gasteiger partial charge is 0.325 e. The summed E-state index contributed by atoms with van der Waals surface area (Å²) in [6.45, 7) is 3.73. The molecule has 0 radical (unpaired) electrons. The van der Waals surface area contributed by atoms with Gasteiger partial charge in [-0.1, -0.05) is 18.2 Å². The van der Waals surface area contributed by atoms with Gasteiger partial charge in [-0.2, -0.15) is 5.10 Å². The van der Waals surface area contributed by atoms with Gasteiger partial charge in [0.05, 0.1) is 34.3 Å². The number of benzene rings is 2. The first-order chi connectivity index (χ1) is 13.9. The van der Waals surface area contributed by atoms with Gasteiger partial charge in [0.15, 0.2) is 0 Å². The summed E-state index contributed by atoms with van der Waals surface area (Å²) in [7, 11) is 0. The smallest absolute Gasteiger partial charge is 0.234 e. The number of halogens is 1. The Kier molecular flexibility index (Phi) is 6.66. The summed E-state index contributed by atoms with van der Waals surface area (Å²) in [5.74, 6) is -0.574. The van der Waals surface area contributed by atoms with Gasteiger partial charge >= 0.3 is 0 Å². The molecule has 0 aliphatic rings. The van der Waals surface area contributed by atoms with Crippen LogP contribution in [0.15, 0.2) is 54.6 Å². The zero-order valence-electron chi connectivity index (χ0n) is 16.1. The Morgan fingerprint density at radius 2 is 1.59 bits per heavy atom. The molecule has 0 bridgehead atoms. The van der Waals surface area contributed by atoms with Crippen LogP contribution in [0.4, 0.5) is 15.8 Å². The molecule has 0 saturated carbocycles. The van der Waals surface area contributed by atoms with E-state index in [9.17, 15) is 14.0 Å². The van der Waals surface area contributed by atoms with E-state index in [0.29, 0.717) is 11.4 Å². The highest BCUT2D eigenvalue weighted by Gasteiger charge is 2.15. The number of carbonyl (C=O) groups is 2. The lowest BCUT2D eigenvalue weighted by atomic mass is 10.3. The molecule has 0 spiro atoms. The first kappa shape index (κ1) is 20.6. The standard InChI is InChI=1S/C21H21FN4O2S/c1-14-21(15(2)26(25-14)18-6-4-3-5-7-18)24-20(28)13-29-12-19(27)23-17-10-8-16(22)9-11-17/h3-11H,12-13H2,1-2H3,(H,23,27)(H,24,28). The fourth-order valence-corrected chi connectivity index (χ4v) is 3.40. The number of thioether (sulfide) groups is 1. The summed E-state index contributed by atoms with van der Waals surface area (Å²) in [5, 5.41) is 10.0. The molecule has 150 valence electrons. The van der Waals surface area contributed by atoms with Crippen molar-refractivity contribution in [2.75, 3.05) is 22.1 Å². The number of hydrogen-bond donors (Lipinski definition) is 2. The van der Waals surface area contributed by atoms with Crippen molar-refractivity contribution in [3.63, 3.8) is 0 Å². The lowest BCUT2D eigenvalue weighted by Gasteiger charge is -2.08. The minimum atomic E-state index is -0.366. The quantitative estimate of drug-likeness (QED) is 0.616. The second-order valence-electron chi connectivity index (χ2n) is 6.39. The van der Waals surface area contributed by atoms with Gasteiger partial charge in [-0.3, -0.25) is 9.59 Å². The van der Waals surface area contributed by atoms with Crippen LogP contribution in [0.3, 0.4) is 0 Å².